The molecule has 136 valence electrons. The number of hydrazine groups is 2. The summed E-state index contributed by atoms with van der Waals surface area (Å²) in [4.78, 5) is 26.5. The van der Waals surface area contributed by atoms with Crippen molar-refractivity contribution in [3.05, 3.63) is 48.5 Å². The van der Waals surface area contributed by atoms with E-state index in [1.165, 1.54) is 0 Å². The van der Waals surface area contributed by atoms with E-state index in [1.807, 2.05) is 48.5 Å². The van der Waals surface area contributed by atoms with Crippen LogP contribution in [-0.4, -0.2) is 30.5 Å². The lowest BCUT2D eigenvalue weighted by Gasteiger charge is -2.38. The van der Waals surface area contributed by atoms with E-state index >= 15 is 0 Å². The van der Waals surface area contributed by atoms with Crippen molar-refractivity contribution < 1.29 is 19.1 Å². The molecule has 26 heavy (non-hydrogen) atoms. The predicted octanol–water partition coefficient (Wildman–Crippen LogP) is 4.32. The summed E-state index contributed by atoms with van der Waals surface area (Å²) in [6, 6.07) is 15.2. The lowest BCUT2D eigenvalue weighted by Crippen LogP contribution is -2.55. The lowest BCUT2D eigenvalue weighted by molar-refractivity contribution is 0.0738. The van der Waals surface area contributed by atoms with Crippen LogP contribution >= 0.6 is 11.8 Å². The molecule has 0 unspecified atom stereocenters. The fourth-order valence-corrected chi connectivity index (χ4v) is 3.56. The van der Waals surface area contributed by atoms with E-state index < -0.39 is 12.2 Å². The van der Waals surface area contributed by atoms with Crippen molar-refractivity contribution in [2.24, 2.45) is 0 Å². The van der Waals surface area contributed by atoms with Gasteiger partial charge in [-0.3, -0.25) is 0 Å². The van der Waals surface area contributed by atoms with Crippen molar-refractivity contribution in [3.63, 3.8) is 0 Å². The van der Waals surface area contributed by atoms with Crippen molar-refractivity contribution in [2.75, 3.05) is 18.2 Å². The molecule has 0 aliphatic carbocycles. The van der Waals surface area contributed by atoms with E-state index in [0.29, 0.717) is 0 Å². The van der Waals surface area contributed by atoms with Gasteiger partial charge in [0.1, 0.15) is 0 Å². The average Bonchev–Trinajstić information content (AvgIpc) is 2.65. The Morgan fingerprint density at radius 3 is 2.04 bits per heavy atom. The minimum Gasteiger partial charge on any atom is -0.449 e. The molecule has 2 aromatic carbocycles. The maximum atomic E-state index is 12.6. The highest BCUT2D eigenvalue weighted by molar-refractivity contribution is 7.99. The topological polar surface area (TPSA) is 71.1 Å². The molecule has 2 amide bonds. The Morgan fingerprint density at radius 1 is 0.962 bits per heavy atom. The van der Waals surface area contributed by atoms with Gasteiger partial charge < -0.3 is 9.47 Å². The summed E-state index contributed by atoms with van der Waals surface area (Å²) < 4.78 is 10.1. The Hall–Kier alpha value is -2.87. The van der Waals surface area contributed by atoms with Crippen LogP contribution < -0.4 is 10.4 Å². The van der Waals surface area contributed by atoms with Crippen molar-refractivity contribution in [1.82, 2.24) is 10.5 Å². The van der Waals surface area contributed by atoms with Crippen molar-refractivity contribution in [2.45, 2.75) is 23.6 Å². The smallest absolute Gasteiger partial charge is 0.449 e. The lowest BCUT2D eigenvalue weighted by atomic mass is 10.2. The molecule has 1 aliphatic heterocycles. The molecular weight excluding hydrogens is 354 g/mol. The van der Waals surface area contributed by atoms with E-state index in [2.05, 4.69) is 5.43 Å². The number of carbonyl (C=O) groups is 2. The van der Waals surface area contributed by atoms with Gasteiger partial charge in [-0.05, 0) is 38.1 Å². The van der Waals surface area contributed by atoms with Crippen LogP contribution in [0.15, 0.2) is 58.3 Å². The zero-order valence-corrected chi connectivity index (χ0v) is 15.3. The normalized spacial score (nSPS) is 11.8. The number of carbonyl (C=O) groups excluding carboxylic acids is 2. The monoisotopic (exact) mass is 373 g/mol. The fraction of sp³-hybridized carbons (Fsp3) is 0.222. The largest absolute Gasteiger partial charge is 0.449 e. The van der Waals surface area contributed by atoms with Crippen LogP contribution in [-0.2, 0) is 9.47 Å². The second-order valence-electron chi connectivity index (χ2n) is 5.19. The first-order valence-corrected chi connectivity index (χ1v) is 9.03. The number of ether oxygens (including phenoxy) is 2. The number of para-hydroxylation sites is 2. The van der Waals surface area contributed by atoms with Gasteiger partial charge in [0.25, 0.3) is 0 Å². The summed E-state index contributed by atoms with van der Waals surface area (Å²) in [5.74, 6) is 0. The van der Waals surface area contributed by atoms with Crippen molar-refractivity contribution in [3.8, 4) is 0 Å². The zero-order valence-electron chi connectivity index (χ0n) is 14.5. The standard InChI is InChI=1S/C18H19N3O4S/c1-3-24-17(22)19-21(18(23)25-4-2)20-13-9-5-7-11-15(13)26-16-12-8-6-10-14(16)20/h5-12H,3-4H2,1-2H3,(H,19,22). The number of nitrogens with one attached hydrogen (secondary N) is 1. The number of amides is 2. The molecule has 0 fully saturated rings. The molecule has 0 atom stereocenters. The Morgan fingerprint density at radius 2 is 1.50 bits per heavy atom. The Labute approximate surface area is 155 Å². The highest BCUT2D eigenvalue weighted by Crippen LogP contribution is 2.48. The minimum absolute atomic E-state index is 0.172. The molecular formula is C18H19N3O4S. The van der Waals surface area contributed by atoms with Crippen LogP contribution in [0.4, 0.5) is 21.0 Å². The second-order valence-corrected chi connectivity index (χ2v) is 6.28. The average molecular weight is 373 g/mol. The summed E-state index contributed by atoms with van der Waals surface area (Å²) in [5, 5.41) is 2.66. The maximum absolute atomic E-state index is 12.6. The van der Waals surface area contributed by atoms with Crippen molar-refractivity contribution >= 4 is 35.3 Å². The van der Waals surface area contributed by atoms with Crippen LogP contribution in [0.5, 0.6) is 0 Å². The molecule has 0 saturated carbocycles. The number of hydrogen-bond donors (Lipinski definition) is 1. The Kier molecular flexibility index (Phi) is 5.52. The van der Waals surface area contributed by atoms with Gasteiger partial charge in [-0.2, -0.15) is 0 Å². The number of anilines is 2. The van der Waals surface area contributed by atoms with Crippen LogP contribution in [0.25, 0.3) is 0 Å². The predicted molar refractivity (Wildman–Crippen MR) is 98.2 cm³/mol. The van der Waals surface area contributed by atoms with E-state index in [9.17, 15) is 9.59 Å². The molecule has 0 bridgehead atoms. The molecule has 7 nitrogen and oxygen atoms in total. The zero-order chi connectivity index (χ0) is 18.5. The minimum atomic E-state index is -0.742. The molecule has 1 N–H and O–H groups in total. The summed E-state index contributed by atoms with van der Waals surface area (Å²) >= 11 is 1.59. The molecule has 3 rings (SSSR count). The number of fused-ring (bicyclic) bond motifs is 2. The van der Waals surface area contributed by atoms with Gasteiger partial charge in [0, 0.05) is 9.79 Å². The third-order valence-corrected chi connectivity index (χ3v) is 4.65. The maximum Gasteiger partial charge on any atom is 0.449 e. The van der Waals surface area contributed by atoms with Gasteiger partial charge in [-0.25, -0.2) is 20.0 Å². The molecule has 8 heteroatoms. The second kappa shape index (κ2) is 8.01. The molecule has 0 aromatic heterocycles. The fourth-order valence-electron chi connectivity index (χ4n) is 2.51. The van der Waals surface area contributed by atoms with Crippen LogP contribution in [0.3, 0.4) is 0 Å². The third-order valence-electron chi connectivity index (χ3n) is 3.52. The Bertz CT molecular complexity index is 769. The van der Waals surface area contributed by atoms with E-state index in [1.54, 1.807) is 30.6 Å². The van der Waals surface area contributed by atoms with Gasteiger partial charge in [0.15, 0.2) is 0 Å². The summed E-state index contributed by atoms with van der Waals surface area (Å²) in [5.41, 5.74) is 3.97. The first-order valence-electron chi connectivity index (χ1n) is 8.22. The number of rotatable bonds is 3. The van der Waals surface area contributed by atoms with Gasteiger partial charge in [0.05, 0.1) is 24.6 Å². The molecule has 1 heterocycles. The molecule has 1 aliphatic rings. The highest BCUT2D eigenvalue weighted by Gasteiger charge is 2.33. The first kappa shape index (κ1) is 17.9. The van der Waals surface area contributed by atoms with Gasteiger partial charge in [-0.15, -0.1) is 5.12 Å². The molecule has 0 spiro atoms. The molecule has 2 aromatic rings. The van der Waals surface area contributed by atoms with Crippen molar-refractivity contribution in [1.29, 1.82) is 0 Å². The van der Waals surface area contributed by atoms with Gasteiger partial charge in [0.2, 0.25) is 0 Å². The first-order chi connectivity index (χ1) is 12.7. The number of hydrogen-bond acceptors (Lipinski definition) is 6. The summed E-state index contributed by atoms with van der Waals surface area (Å²) in [7, 11) is 0. The number of nitrogens with zero attached hydrogens (tertiary/aromatic N) is 2. The quantitative estimate of drug-likeness (QED) is 0.808. The summed E-state index contributed by atoms with van der Waals surface area (Å²) in [6.45, 7) is 3.75. The van der Waals surface area contributed by atoms with Gasteiger partial charge in [-0.1, -0.05) is 36.0 Å². The number of benzene rings is 2. The summed E-state index contributed by atoms with van der Waals surface area (Å²) in [6.07, 6.45) is -1.45. The van der Waals surface area contributed by atoms with Crippen LogP contribution in [0.1, 0.15) is 13.8 Å². The highest BCUT2D eigenvalue weighted by atomic mass is 32.2. The van der Waals surface area contributed by atoms with Gasteiger partial charge >= 0.3 is 12.2 Å². The Balaban J connectivity index is 2.07. The van der Waals surface area contributed by atoms with E-state index in [0.717, 1.165) is 26.3 Å². The van der Waals surface area contributed by atoms with Crippen LogP contribution in [0.2, 0.25) is 0 Å². The van der Waals surface area contributed by atoms with Crippen LogP contribution in [0, 0.1) is 0 Å². The molecule has 0 radical (unpaired) electrons. The molecule has 0 saturated heterocycles. The van der Waals surface area contributed by atoms with E-state index in [4.69, 9.17) is 9.47 Å². The third kappa shape index (κ3) is 3.55. The SMILES string of the molecule is CCOC(=O)NN(C(=O)OCC)N1c2ccccc2Sc2ccccc21. The van der Waals surface area contributed by atoms with E-state index in [-0.39, 0.29) is 13.2 Å².